The van der Waals surface area contributed by atoms with Crippen molar-refractivity contribution in [2.24, 2.45) is 0 Å². The number of anilines is 1. The Hall–Kier alpha value is -1.29. The second-order valence-corrected chi connectivity index (χ2v) is 7.08. The number of rotatable bonds is 3. The molecular weight excluding hydrogens is 326 g/mol. The van der Waals surface area contributed by atoms with Crippen molar-refractivity contribution in [2.45, 2.75) is 52.6 Å². The van der Waals surface area contributed by atoms with Crippen LogP contribution in [0.15, 0.2) is 22.7 Å². The Labute approximate surface area is 134 Å². The van der Waals surface area contributed by atoms with Gasteiger partial charge in [0.25, 0.3) is 0 Å². The Bertz CT molecular complexity index is 673. The largest absolute Gasteiger partial charge is 0.375 e. The molecule has 2 aromatic rings. The number of halogens is 1. The minimum absolute atomic E-state index is 0.395. The number of benzene rings is 1. The van der Waals surface area contributed by atoms with Crippen LogP contribution in [0.3, 0.4) is 0 Å². The number of hydrogen-bond acceptors (Lipinski definition) is 2. The standard InChI is InChI=1S/C17H22BrN3/c1-10(2)21-12(4)17(11(3)20-21)19-16-8-5-13-9-14(18)6-7-15(13)16/h6-7,9-10,16,19H,5,8H2,1-4H3. The third-order valence-electron chi connectivity index (χ3n) is 4.32. The van der Waals surface area contributed by atoms with Gasteiger partial charge in [0.1, 0.15) is 0 Å². The van der Waals surface area contributed by atoms with E-state index in [2.05, 4.69) is 76.9 Å². The van der Waals surface area contributed by atoms with Crippen molar-refractivity contribution in [3.63, 3.8) is 0 Å². The molecule has 0 radical (unpaired) electrons. The van der Waals surface area contributed by atoms with Gasteiger partial charge < -0.3 is 5.32 Å². The lowest BCUT2D eigenvalue weighted by Crippen LogP contribution is -2.09. The van der Waals surface area contributed by atoms with Crippen molar-refractivity contribution in [2.75, 3.05) is 5.32 Å². The fraction of sp³-hybridized carbons (Fsp3) is 0.471. The molecule has 1 unspecified atom stereocenters. The smallest absolute Gasteiger partial charge is 0.0828 e. The molecule has 0 amide bonds. The van der Waals surface area contributed by atoms with Crippen LogP contribution >= 0.6 is 15.9 Å². The summed E-state index contributed by atoms with van der Waals surface area (Å²) < 4.78 is 3.27. The van der Waals surface area contributed by atoms with Crippen LogP contribution in [0.4, 0.5) is 5.69 Å². The Morgan fingerprint density at radius 1 is 1.33 bits per heavy atom. The predicted octanol–water partition coefficient (Wildman–Crippen LogP) is 4.94. The lowest BCUT2D eigenvalue weighted by Gasteiger charge is -2.16. The Morgan fingerprint density at radius 2 is 2.10 bits per heavy atom. The number of hydrogen-bond donors (Lipinski definition) is 1. The van der Waals surface area contributed by atoms with Crippen LogP contribution in [0.1, 0.15) is 54.9 Å². The maximum Gasteiger partial charge on any atom is 0.0828 e. The predicted molar refractivity (Wildman–Crippen MR) is 90.9 cm³/mol. The van der Waals surface area contributed by atoms with Gasteiger partial charge in [0.05, 0.1) is 23.1 Å². The van der Waals surface area contributed by atoms with E-state index in [1.807, 2.05) is 0 Å². The molecule has 21 heavy (non-hydrogen) atoms. The number of fused-ring (bicyclic) bond motifs is 1. The van der Waals surface area contributed by atoms with Crippen molar-refractivity contribution < 1.29 is 0 Å². The number of aromatic nitrogens is 2. The summed E-state index contributed by atoms with van der Waals surface area (Å²) in [5.41, 5.74) is 6.40. The van der Waals surface area contributed by atoms with Crippen molar-refractivity contribution in [1.29, 1.82) is 0 Å². The highest BCUT2D eigenvalue weighted by Crippen LogP contribution is 2.37. The topological polar surface area (TPSA) is 29.9 Å². The van der Waals surface area contributed by atoms with E-state index in [1.165, 1.54) is 27.0 Å². The molecule has 0 aliphatic heterocycles. The lowest BCUT2D eigenvalue weighted by molar-refractivity contribution is 0.516. The molecular formula is C17H22BrN3. The van der Waals surface area contributed by atoms with Gasteiger partial charge in [-0.2, -0.15) is 5.10 Å². The molecule has 3 nitrogen and oxygen atoms in total. The van der Waals surface area contributed by atoms with Crippen LogP contribution in [0.25, 0.3) is 0 Å². The van der Waals surface area contributed by atoms with Gasteiger partial charge in [0.15, 0.2) is 0 Å². The van der Waals surface area contributed by atoms with Gasteiger partial charge in [-0.05, 0) is 63.8 Å². The second kappa shape index (κ2) is 5.48. The second-order valence-electron chi connectivity index (χ2n) is 6.16. The van der Waals surface area contributed by atoms with E-state index in [-0.39, 0.29) is 0 Å². The summed E-state index contributed by atoms with van der Waals surface area (Å²) in [5, 5.41) is 8.40. The first-order valence-electron chi connectivity index (χ1n) is 7.58. The first kappa shape index (κ1) is 14.6. The highest BCUT2D eigenvalue weighted by molar-refractivity contribution is 9.10. The molecule has 0 bridgehead atoms. The molecule has 1 atom stereocenters. The summed E-state index contributed by atoms with van der Waals surface area (Å²) in [7, 11) is 0. The van der Waals surface area contributed by atoms with Gasteiger partial charge in [0.2, 0.25) is 0 Å². The van der Waals surface area contributed by atoms with Crippen molar-refractivity contribution >= 4 is 21.6 Å². The fourth-order valence-corrected chi connectivity index (χ4v) is 3.69. The first-order valence-corrected chi connectivity index (χ1v) is 8.37. The van der Waals surface area contributed by atoms with Crippen molar-refractivity contribution in [1.82, 2.24) is 9.78 Å². The highest BCUT2D eigenvalue weighted by atomic mass is 79.9. The SMILES string of the molecule is Cc1nn(C(C)C)c(C)c1NC1CCc2cc(Br)ccc21. The summed E-state index contributed by atoms with van der Waals surface area (Å²) in [5.74, 6) is 0. The molecule has 0 saturated carbocycles. The fourth-order valence-electron chi connectivity index (χ4n) is 3.28. The molecule has 112 valence electrons. The van der Waals surface area contributed by atoms with Gasteiger partial charge in [0, 0.05) is 10.5 Å². The maximum atomic E-state index is 4.67. The molecule has 0 fully saturated rings. The monoisotopic (exact) mass is 347 g/mol. The highest BCUT2D eigenvalue weighted by Gasteiger charge is 2.24. The quantitative estimate of drug-likeness (QED) is 0.851. The Balaban J connectivity index is 1.90. The van der Waals surface area contributed by atoms with E-state index < -0.39 is 0 Å². The first-order chi connectivity index (χ1) is 9.97. The molecule has 1 aliphatic carbocycles. The molecule has 1 aliphatic rings. The Morgan fingerprint density at radius 3 is 2.76 bits per heavy atom. The Kier molecular flexibility index (Phi) is 3.82. The molecule has 4 heteroatoms. The van der Waals surface area contributed by atoms with E-state index in [0.29, 0.717) is 12.1 Å². The minimum atomic E-state index is 0.395. The number of nitrogens with zero attached hydrogens (tertiary/aromatic N) is 2. The van der Waals surface area contributed by atoms with Crippen LogP contribution < -0.4 is 5.32 Å². The van der Waals surface area contributed by atoms with Crippen molar-refractivity contribution in [3.8, 4) is 0 Å². The average Bonchev–Trinajstić information content (AvgIpc) is 2.94. The summed E-state index contributed by atoms with van der Waals surface area (Å²) in [4.78, 5) is 0. The third kappa shape index (κ3) is 2.61. The lowest BCUT2D eigenvalue weighted by atomic mass is 10.1. The summed E-state index contributed by atoms with van der Waals surface area (Å²) in [6.45, 7) is 8.59. The van der Waals surface area contributed by atoms with E-state index in [1.54, 1.807) is 0 Å². The zero-order valence-corrected chi connectivity index (χ0v) is 14.7. The third-order valence-corrected chi connectivity index (χ3v) is 4.81. The molecule has 3 rings (SSSR count). The van der Waals surface area contributed by atoms with Crippen LogP contribution in [-0.2, 0) is 6.42 Å². The van der Waals surface area contributed by atoms with Gasteiger partial charge in [-0.1, -0.05) is 22.0 Å². The zero-order valence-electron chi connectivity index (χ0n) is 13.1. The molecule has 1 aromatic heterocycles. The summed E-state index contributed by atoms with van der Waals surface area (Å²) in [6, 6.07) is 7.41. The average molecular weight is 348 g/mol. The van der Waals surface area contributed by atoms with Gasteiger partial charge >= 0.3 is 0 Å². The number of aryl methyl sites for hydroxylation is 2. The van der Waals surface area contributed by atoms with Gasteiger partial charge in [-0.15, -0.1) is 0 Å². The van der Waals surface area contributed by atoms with Crippen molar-refractivity contribution in [3.05, 3.63) is 45.2 Å². The summed E-state index contributed by atoms with van der Waals surface area (Å²) >= 11 is 3.56. The maximum absolute atomic E-state index is 4.67. The van der Waals surface area contributed by atoms with E-state index in [0.717, 1.165) is 18.5 Å². The van der Waals surface area contributed by atoms with E-state index in [4.69, 9.17) is 0 Å². The molecule has 0 spiro atoms. The number of nitrogens with one attached hydrogen (secondary N) is 1. The zero-order chi connectivity index (χ0) is 15.1. The molecule has 1 heterocycles. The molecule has 1 aromatic carbocycles. The molecule has 0 saturated heterocycles. The van der Waals surface area contributed by atoms with Crippen LogP contribution in [0, 0.1) is 13.8 Å². The van der Waals surface area contributed by atoms with Gasteiger partial charge in [-0.3, -0.25) is 4.68 Å². The minimum Gasteiger partial charge on any atom is -0.375 e. The summed E-state index contributed by atoms with van der Waals surface area (Å²) in [6.07, 6.45) is 2.29. The van der Waals surface area contributed by atoms with E-state index >= 15 is 0 Å². The van der Waals surface area contributed by atoms with Crippen LogP contribution in [-0.4, -0.2) is 9.78 Å². The van der Waals surface area contributed by atoms with Crippen LogP contribution in [0.2, 0.25) is 0 Å². The molecule has 1 N–H and O–H groups in total. The normalized spacial score (nSPS) is 17.3. The van der Waals surface area contributed by atoms with Gasteiger partial charge in [-0.25, -0.2) is 0 Å². The van der Waals surface area contributed by atoms with Crippen LogP contribution in [0.5, 0.6) is 0 Å². The van der Waals surface area contributed by atoms with E-state index in [9.17, 15) is 0 Å².